The van der Waals surface area contributed by atoms with Gasteiger partial charge < -0.3 is 33.7 Å². The first-order valence-electron chi connectivity index (χ1n) is 18.6. The molecule has 1 aromatic rings. The summed E-state index contributed by atoms with van der Waals surface area (Å²) in [5.41, 5.74) is 2.09. The summed E-state index contributed by atoms with van der Waals surface area (Å²) in [5.74, 6) is -2.44. The Morgan fingerprint density at radius 1 is 1.10 bits per heavy atom. The van der Waals surface area contributed by atoms with Crippen molar-refractivity contribution >= 4 is 23.9 Å². The smallest absolute Gasteiger partial charge is 0.425 e. The maximum absolute atomic E-state index is 14.6. The molecule has 52 heavy (non-hydrogen) atoms. The molecule has 3 heterocycles. The van der Waals surface area contributed by atoms with Crippen LogP contribution in [0.1, 0.15) is 80.2 Å². The number of nitrogens with zero attached hydrogens (tertiary/aromatic N) is 2. The van der Waals surface area contributed by atoms with Crippen molar-refractivity contribution in [2.45, 2.75) is 129 Å². The Bertz CT molecular complexity index is 1450. The zero-order valence-electron chi connectivity index (χ0n) is 32.8. The Hall–Kier alpha value is -3.13. The third-order valence-corrected chi connectivity index (χ3v) is 11.2. The zero-order valence-corrected chi connectivity index (χ0v) is 32.8. The number of benzene rings is 1. The van der Waals surface area contributed by atoms with E-state index in [0.29, 0.717) is 18.4 Å². The number of Topliss-reactive ketones (excluding diaryl/α,β-unsaturated/α-hetero) is 1. The van der Waals surface area contributed by atoms with Crippen LogP contribution >= 0.6 is 0 Å². The monoisotopic (exact) mass is 727 g/mol. The molecule has 0 radical (unpaired) electrons. The molecule has 1 amide bonds. The fourth-order valence-corrected chi connectivity index (χ4v) is 8.35. The molecule has 12 nitrogen and oxygen atoms in total. The van der Waals surface area contributed by atoms with Crippen LogP contribution in [-0.4, -0.2) is 115 Å². The number of aliphatic hydroxyl groups is 1. The molecule has 290 valence electrons. The molecule has 0 aromatic heterocycles. The minimum absolute atomic E-state index is 0.115. The summed E-state index contributed by atoms with van der Waals surface area (Å²) in [5, 5.41) is 12.8. The second-order valence-electron chi connectivity index (χ2n) is 15.5. The summed E-state index contributed by atoms with van der Waals surface area (Å²) in [7, 11) is 5.39. The molecule has 2 fully saturated rings. The zero-order chi connectivity index (χ0) is 38.5. The SMILES string of the molecule is CC[C@H]1OC(=O)/C(C)=C/[C@H](C)[C@@H](O[C@@H]2O[C@H](C)C[C@H](N(C)C)[C@H]2O)[C@@](C)(OC)C[C@@H](C)C(=O)[C@H](C)[C@H]2N(NC/C=C/c3ccccc3)C(=O)O[C@]12C. The largest absolute Gasteiger partial charge is 0.455 e. The second-order valence-corrected chi connectivity index (χ2v) is 15.5. The Kier molecular flexibility index (Phi) is 13.9. The fourth-order valence-electron chi connectivity index (χ4n) is 8.35. The van der Waals surface area contributed by atoms with Gasteiger partial charge in [0.1, 0.15) is 24.0 Å². The first-order valence-corrected chi connectivity index (χ1v) is 18.6. The molecular weight excluding hydrogens is 666 g/mol. The van der Waals surface area contributed by atoms with Gasteiger partial charge in [0.25, 0.3) is 0 Å². The molecule has 12 atom stereocenters. The number of carbonyl (C=O) groups excluding carboxylic acids is 3. The molecule has 12 heteroatoms. The normalized spacial score (nSPS) is 39.1. The number of ether oxygens (including phenoxy) is 5. The predicted molar refractivity (Wildman–Crippen MR) is 198 cm³/mol. The number of esters is 1. The minimum Gasteiger partial charge on any atom is -0.455 e. The summed E-state index contributed by atoms with van der Waals surface area (Å²) in [6.45, 7) is 14.9. The topological polar surface area (TPSA) is 136 Å². The van der Waals surface area contributed by atoms with Gasteiger partial charge in [0.2, 0.25) is 0 Å². The van der Waals surface area contributed by atoms with Gasteiger partial charge in [-0.05, 0) is 66.6 Å². The molecule has 4 rings (SSSR count). The van der Waals surface area contributed by atoms with Crippen LogP contribution in [0.15, 0.2) is 48.1 Å². The molecule has 3 aliphatic heterocycles. The number of nitrogens with one attached hydrogen (secondary N) is 1. The average molecular weight is 728 g/mol. The Labute approximate surface area is 309 Å². The molecule has 0 bridgehead atoms. The fraction of sp³-hybridized carbons (Fsp3) is 0.675. The van der Waals surface area contributed by atoms with Crippen LogP contribution in [0.2, 0.25) is 0 Å². The first-order chi connectivity index (χ1) is 24.5. The number of rotatable bonds is 9. The van der Waals surface area contributed by atoms with E-state index in [2.05, 4.69) is 5.43 Å². The Balaban J connectivity index is 1.73. The number of hydrogen-bond acceptors (Lipinski definition) is 11. The molecule has 2 saturated heterocycles. The van der Waals surface area contributed by atoms with Crippen LogP contribution in [-0.2, 0) is 33.3 Å². The molecule has 3 aliphatic rings. The van der Waals surface area contributed by atoms with E-state index in [1.165, 1.54) is 5.01 Å². The molecule has 1 aromatic carbocycles. The predicted octanol–water partition coefficient (Wildman–Crippen LogP) is 5.15. The van der Waals surface area contributed by atoms with Crippen LogP contribution in [0.3, 0.4) is 0 Å². The number of cyclic esters (lactones) is 1. The van der Waals surface area contributed by atoms with Crippen molar-refractivity contribution in [3.05, 3.63) is 53.6 Å². The van der Waals surface area contributed by atoms with Crippen molar-refractivity contribution in [3.8, 4) is 0 Å². The van der Waals surface area contributed by atoms with Gasteiger partial charge in [-0.15, -0.1) is 0 Å². The van der Waals surface area contributed by atoms with E-state index in [-0.39, 0.29) is 30.9 Å². The van der Waals surface area contributed by atoms with Crippen molar-refractivity contribution in [2.75, 3.05) is 27.7 Å². The molecule has 0 aliphatic carbocycles. The van der Waals surface area contributed by atoms with Crippen molar-refractivity contribution in [1.29, 1.82) is 0 Å². The Morgan fingerprint density at radius 3 is 2.38 bits per heavy atom. The highest BCUT2D eigenvalue weighted by Crippen LogP contribution is 2.42. The van der Waals surface area contributed by atoms with Crippen LogP contribution in [0.4, 0.5) is 4.79 Å². The third-order valence-electron chi connectivity index (χ3n) is 11.2. The van der Waals surface area contributed by atoms with E-state index < -0.39 is 71.7 Å². The van der Waals surface area contributed by atoms with Gasteiger partial charge in [0, 0.05) is 43.0 Å². The maximum Gasteiger partial charge on any atom is 0.425 e. The lowest BCUT2D eigenvalue weighted by molar-refractivity contribution is -0.294. The van der Waals surface area contributed by atoms with E-state index in [9.17, 15) is 19.5 Å². The molecule has 0 spiro atoms. The van der Waals surface area contributed by atoms with Crippen molar-refractivity contribution in [2.24, 2.45) is 17.8 Å². The highest BCUT2D eigenvalue weighted by molar-refractivity contribution is 5.88. The summed E-state index contributed by atoms with van der Waals surface area (Å²) < 4.78 is 31.3. The summed E-state index contributed by atoms with van der Waals surface area (Å²) in [4.78, 5) is 43.9. The maximum atomic E-state index is 14.6. The Morgan fingerprint density at radius 2 is 1.77 bits per heavy atom. The first kappa shape index (κ1) is 41.6. The lowest BCUT2D eigenvalue weighted by Gasteiger charge is -2.46. The van der Waals surface area contributed by atoms with Crippen molar-refractivity contribution in [3.63, 3.8) is 0 Å². The lowest BCUT2D eigenvalue weighted by atomic mass is 9.74. The van der Waals surface area contributed by atoms with Crippen LogP contribution in [0.25, 0.3) is 6.08 Å². The van der Waals surface area contributed by atoms with Crippen LogP contribution in [0, 0.1) is 17.8 Å². The van der Waals surface area contributed by atoms with Gasteiger partial charge in [-0.25, -0.2) is 20.0 Å². The van der Waals surface area contributed by atoms with Gasteiger partial charge in [0.05, 0.1) is 17.8 Å². The summed E-state index contributed by atoms with van der Waals surface area (Å²) in [6.07, 6.45) is 2.43. The van der Waals surface area contributed by atoms with E-state index in [1.54, 1.807) is 34.0 Å². The van der Waals surface area contributed by atoms with Crippen molar-refractivity contribution < 1.29 is 43.2 Å². The number of fused-ring (bicyclic) bond motifs is 1. The van der Waals surface area contributed by atoms with Gasteiger partial charge in [-0.3, -0.25) is 4.79 Å². The van der Waals surface area contributed by atoms with E-state index >= 15 is 0 Å². The minimum atomic E-state index is -1.35. The lowest BCUT2D eigenvalue weighted by Crippen LogP contribution is -2.60. The number of methoxy groups -OCH3 is 1. The number of amides is 1. The van der Waals surface area contributed by atoms with Crippen LogP contribution < -0.4 is 5.43 Å². The third kappa shape index (κ3) is 8.97. The molecular formula is C40H61N3O9. The van der Waals surface area contributed by atoms with Gasteiger partial charge >= 0.3 is 12.1 Å². The summed E-state index contributed by atoms with van der Waals surface area (Å²) in [6, 6.07) is 8.76. The second kappa shape index (κ2) is 17.3. The van der Waals surface area contributed by atoms with Gasteiger partial charge in [-0.2, -0.15) is 0 Å². The van der Waals surface area contributed by atoms with Gasteiger partial charge in [-0.1, -0.05) is 76.3 Å². The number of hydrogen-bond donors (Lipinski definition) is 2. The number of ketones is 1. The average Bonchev–Trinajstić information content (AvgIpc) is 3.36. The van der Waals surface area contributed by atoms with E-state index in [0.717, 1.165) is 5.56 Å². The number of hydrazine groups is 1. The molecule has 2 N–H and O–H groups in total. The van der Waals surface area contributed by atoms with E-state index in [1.807, 2.05) is 96.1 Å². The summed E-state index contributed by atoms with van der Waals surface area (Å²) >= 11 is 0. The highest BCUT2D eigenvalue weighted by atomic mass is 16.7. The molecule has 0 saturated carbocycles. The van der Waals surface area contributed by atoms with Gasteiger partial charge in [0.15, 0.2) is 11.9 Å². The van der Waals surface area contributed by atoms with Crippen molar-refractivity contribution in [1.82, 2.24) is 15.3 Å². The quantitative estimate of drug-likeness (QED) is 0.327. The standard InChI is InChI=1S/C40H61N3O9/c1-12-31-40(8)34(43(38(47)52-40)41-20-16-19-29-17-14-13-15-18-29)28(6)32(44)26(4)23-39(7,48-11)35(24(2)21-25(3)36(46)50-31)51-37-33(45)30(42(9)10)22-27(5)49-37/h13-19,21,24,26-28,30-31,33-35,37,41,45H,12,20,22-23H2,1-11H3/b19-16+,25-21+/t24-,26+,27+,28-,30-,31+,33+,34+,35+,37-,39-,40+/m0/s1. The highest BCUT2D eigenvalue weighted by Gasteiger charge is 2.60. The number of carbonyl (C=O) groups is 3. The van der Waals surface area contributed by atoms with Crippen LogP contribution in [0.5, 0.6) is 0 Å². The molecule has 0 unspecified atom stereocenters. The van der Waals surface area contributed by atoms with E-state index in [4.69, 9.17) is 23.7 Å². The number of likely N-dealkylation sites (N-methyl/N-ethyl adjacent to an activating group) is 1. The number of aliphatic hydroxyl groups excluding tert-OH is 1.